The minimum absolute atomic E-state index is 0.407. The van der Waals surface area contributed by atoms with Crippen LogP contribution in [0.5, 0.6) is 0 Å². The highest BCUT2D eigenvalue weighted by Gasteiger charge is 2.25. The van der Waals surface area contributed by atoms with E-state index in [2.05, 4.69) is 42.4 Å². The summed E-state index contributed by atoms with van der Waals surface area (Å²) in [5.74, 6) is 3.55. The molecule has 7 heteroatoms. The average Bonchev–Trinajstić information content (AvgIpc) is 3.08. The van der Waals surface area contributed by atoms with Crippen LogP contribution in [0.3, 0.4) is 0 Å². The van der Waals surface area contributed by atoms with E-state index in [0.717, 1.165) is 54.9 Å². The van der Waals surface area contributed by atoms with Crippen molar-refractivity contribution in [2.24, 2.45) is 0 Å². The van der Waals surface area contributed by atoms with E-state index in [-0.39, 0.29) is 0 Å². The molecule has 0 spiro atoms. The van der Waals surface area contributed by atoms with Crippen LogP contribution >= 0.6 is 0 Å². The SMILES string of the molecule is CCc1cc(NCC2CCCN2c2cc(NC)ncn2)nc(C)n1. The maximum absolute atomic E-state index is 4.49. The molecule has 0 aliphatic carbocycles. The number of aryl methyl sites for hydroxylation is 2. The van der Waals surface area contributed by atoms with E-state index in [1.165, 1.54) is 6.42 Å². The highest BCUT2D eigenvalue weighted by Crippen LogP contribution is 2.25. The second-order valence-electron chi connectivity index (χ2n) is 6.03. The smallest absolute Gasteiger partial charge is 0.134 e. The maximum atomic E-state index is 4.49. The Morgan fingerprint density at radius 2 is 2.08 bits per heavy atom. The summed E-state index contributed by atoms with van der Waals surface area (Å²) in [7, 11) is 1.87. The van der Waals surface area contributed by atoms with Crippen LogP contribution in [0.4, 0.5) is 17.5 Å². The normalized spacial score (nSPS) is 17.1. The van der Waals surface area contributed by atoms with Crippen LogP contribution in [0.2, 0.25) is 0 Å². The molecule has 0 radical (unpaired) electrons. The van der Waals surface area contributed by atoms with E-state index in [1.54, 1.807) is 6.33 Å². The first kappa shape index (κ1) is 16.4. The van der Waals surface area contributed by atoms with Gasteiger partial charge in [0.05, 0.1) is 0 Å². The zero-order chi connectivity index (χ0) is 16.9. The largest absolute Gasteiger partial charge is 0.373 e. The molecule has 1 atom stereocenters. The van der Waals surface area contributed by atoms with Gasteiger partial charge in [0.15, 0.2) is 0 Å². The molecule has 0 aromatic carbocycles. The average molecular weight is 327 g/mol. The molecule has 2 N–H and O–H groups in total. The molecular weight excluding hydrogens is 302 g/mol. The number of nitrogens with one attached hydrogen (secondary N) is 2. The van der Waals surface area contributed by atoms with E-state index in [1.807, 2.05) is 26.1 Å². The number of hydrogen-bond acceptors (Lipinski definition) is 7. The molecule has 128 valence electrons. The zero-order valence-electron chi connectivity index (χ0n) is 14.6. The van der Waals surface area contributed by atoms with Crippen molar-refractivity contribution >= 4 is 17.5 Å². The molecule has 1 fully saturated rings. The Bertz CT molecular complexity index is 688. The Balaban J connectivity index is 1.69. The number of anilines is 3. The van der Waals surface area contributed by atoms with Crippen LogP contribution < -0.4 is 15.5 Å². The lowest BCUT2D eigenvalue weighted by Gasteiger charge is -2.26. The fourth-order valence-corrected chi connectivity index (χ4v) is 3.11. The summed E-state index contributed by atoms with van der Waals surface area (Å²) < 4.78 is 0. The first-order valence-electron chi connectivity index (χ1n) is 8.54. The Kier molecular flexibility index (Phi) is 5.08. The summed E-state index contributed by atoms with van der Waals surface area (Å²) in [5, 5.41) is 6.55. The summed E-state index contributed by atoms with van der Waals surface area (Å²) in [6, 6.07) is 4.45. The summed E-state index contributed by atoms with van der Waals surface area (Å²) >= 11 is 0. The van der Waals surface area contributed by atoms with Crippen molar-refractivity contribution in [3.63, 3.8) is 0 Å². The van der Waals surface area contributed by atoms with Crippen molar-refractivity contribution in [2.75, 3.05) is 35.7 Å². The van der Waals surface area contributed by atoms with Gasteiger partial charge >= 0.3 is 0 Å². The minimum Gasteiger partial charge on any atom is -0.373 e. The van der Waals surface area contributed by atoms with Gasteiger partial charge in [0, 0.05) is 44.0 Å². The van der Waals surface area contributed by atoms with Gasteiger partial charge in [-0.1, -0.05) is 6.92 Å². The molecule has 3 rings (SSSR count). The molecule has 2 aromatic heterocycles. The van der Waals surface area contributed by atoms with Crippen molar-refractivity contribution in [2.45, 2.75) is 39.2 Å². The predicted octanol–water partition coefficient (Wildman–Crippen LogP) is 2.26. The van der Waals surface area contributed by atoms with Crippen LogP contribution in [-0.4, -0.2) is 46.1 Å². The van der Waals surface area contributed by atoms with Crippen LogP contribution in [0.25, 0.3) is 0 Å². The molecule has 0 amide bonds. The van der Waals surface area contributed by atoms with Crippen LogP contribution in [-0.2, 0) is 6.42 Å². The zero-order valence-corrected chi connectivity index (χ0v) is 14.6. The van der Waals surface area contributed by atoms with Crippen molar-refractivity contribution in [3.05, 3.63) is 30.0 Å². The predicted molar refractivity (Wildman–Crippen MR) is 96.6 cm³/mol. The van der Waals surface area contributed by atoms with Gasteiger partial charge in [0.1, 0.15) is 29.6 Å². The third-order valence-electron chi connectivity index (χ3n) is 4.35. The molecule has 2 aromatic rings. The van der Waals surface area contributed by atoms with E-state index in [0.29, 0.717) is 6.04 Å². The van der Waals surface area contributed by atoms with Crippen molar-refractivity contribution in [1.82, 2.24) is 19.9 Å². The van der Waals surface area contributed by atoms with E-state index in [4.69, 9.17) is 0 Å². The quantitative estimate of drug-likeness (QED) is 0.842. The lowest BCUT2D eigenvalue weighted by molar-refractivity contribution is 0.688. The second-order valence-corrected chi connectivity index (χ2v) is 6.03. The third kappa shape index (κ3) is 3.72. The molecule has 1 saturated heterocycles. The molecule has 1 unspecified atom stereocenters. The topological polar surface area (TPSA) is 78.9 Å². The molecule has 3 heterocycles. The Labute approximate surface area is 143 Å². The fraction of sp³-hybridized carbons (Fsp3) is 0.529. The van der Waals surface area contributed by atoms with Crippen LogP contribution in [0.1, 0.15) is 31.3 Å². The summed E-state index contributed by atoms with van der Waals surface area (Å²) in [5.41, 5.74) is 1.07. The molecular formula is C17H25N7. The van der Waals surface area contributed by atoms with Crippen molar-refractivity contribution < 1.29 is 0 Å². The van der Waals surface area contributed by atoms with Gasteiger partial charge in [-0.2, -0.15) is 0 Å². The Morgan fingerprint density at radius 1 is 1.21 bits per heavy atom. The third-order valence-corrected chi connectivity index (χ3v) is 4.35. The number of nitrogens with zero attached hydrogens (tertiary/aromatic N) is 5. The highest BCUT2D eigenvalue weighted by atomic mass is 15.3. The van der Waals surface area contributed by atoms with Gasteiger partial charge in [-0.15, -0.1) is 0 Å². The van der Waals surface area contributed by atoms with Gasteiger partial charge < -0.3 is 15.5 Å². The van der Waals surface area contributed by atoms with Gasteiger partial charge in [-0.3, -0.25) is 0 Å². The lowest BCUT2D eigenvalue weighted by Crippen LogP contribution is -2.35. The molecule has 1 aliphatic heterocycles. The highest BCUT2D eigenvalue weighted by molar-refractivity contribution is 5.50. The minimum atomic E-state index is 0.407. The van der Waals surface area contributed by atoms with Gasteiger partial charge in [0.2, 0.25) is 0 Å². The number of hydrogen-bond donors (Lipinski definition) is 2. The van der Waals surface area contributed by atoms with E-state index < -0.39 is 0 Å². The second kappa shape index (κ2) is 7.42. The molecule has 7 nitrogen and oxygen atoms in total. The summed E-state index contributed by atoms with van der Waals surface area (Å²) in [6.07, 6.45) is 4.86. The molecule has 0 saturated carbocycles. The number of rotatable bonds is 6. The van der Waals surface area contributed by atoms with Gasteiger partial charge in [-0.05, 0) is 26.2 Å². The first-order valence-corrected chi connectivity index (χ1v) is 8.54. The van der Waals surface area contributed by atoms with Gasteiger partial charge in [-0.25, -0.2) is 19.9 Å². The Morgan fingerprint density at radius 3 is 2.88 bits per heavy atom. The van der Waals surface area contributed by atoms with E-state index >= 15 is 0 Å². The first-order chi connectivity index (χ1) is 11.7. The van der Waals surface area contributed by atoms with E-state index in [9.17, 15) is 0 Å². The van der Waals surface area contributed by atoms with Crippen molar-refractivity contribution in [1.29, 1.82) is 0 Å². The Hall–Kier alpha value is -2.44. The molecule has 24 heavy (non-hydrogen) atoms. The van der Waals surface area contributed by atoms with Gasteiger partial charge in [0.25, 0.3) is 0 Å². The molecule has 1 aliphatic rings. The van der Waals surface area contributed by atoms with Crippen molar-refractivity contribution in [3.8, 4) is 0 Å². The molecule has 0 bridgehead atoms. The van der Waals surface area contributed by atoms with Crippen LogP contribution in [0.15, 0.2) is 18.5 Å². The maximum Gasteiger partial charge on any atom is 0.134 e. The number of aromatic nitrogens is 4. The fourth-order valence-electron chi connectivity index (χ4n) is 3.11. The lowest BCUT2D eigenvalue weighted by atomic mass is 10.2. The summed E-state index contributed by atoms with van der Waals surface area (Å²) in [6.45, 7) is 5.92. The standard InChI is InChI=1S/C17H25N7/c1-4-13-8-16(23-12(2)22-13)19-10-14-6-5-7-24(14)17-9-15(18-3)20-11-21-17/h8-9,11,14H,4-7,10H2,1-3H3,(H,18,20,21)(H,19,22,23). The summed E-state index contributed by atoms with van der Waals surface area (Å²) in [4.78, 5) is 19.9. The van der Waals surface area contributed by atoms with Crippen LogP contribution in [0, 0.1) is 6.92 Å². The monoisotopic (exact) mass is 327 g/mol.